The van der Waals surface area contributed by atoms with Gasteiger partial charge >= 0.3 is 0 Å². The summed E-state index contributed by atoms with van der Waals surface area (Å²) >= 11 is 0. The Morgan fingerprint density at radius 2 is 1.51 bits per heavy atom. The van der Waals surface area contributed by atoms with Crippen molar-refractivity contribution < 1.29 is 14.2 Å². The van der Waals surface area contributed by atoms with Crippen LogP contribution in [0.5, 0.6) is 5.75 Å². The summed E-state index contributed by atoms with van der Waals surface area (Å²) in [6.07, 6.45) is 11.1. The predicted octanol–water partition coefficient (Wildman–Crippen LogP) is 6.86. The zero-order valence-corrected chi connectivity index (χ0v) is 21.7. The second kappa shape index (κ2) is 11.2. The van der Waals surface area contributed by atoms with E-state index >= 15 is 0 Å². The number of allylic oxidation sites excluding steroid dienone is 1. The highest BCUT2D eigenvalue weighted by Crippen LogP contribution is 2.44. The number of methoxy groups -OCH3 is 3. The van der Waals surface area contributed by atoms with E-state index in [1.807, 2.05) is 0 Å². The second-order valence-electron chi connectivity index (χ2n) is 10.5. The number of aryl methyl sites for hydroxylation is 1. The Labute approximate surface area is 211 Å². The van der Waals surface area contributed by atoms with Crippen molar-refractivity contribution in [3.63, 3.8) is 0 Å². The molecule has 0 radical (unpaired) electrons. The van der Waals surface area contributed by atoms with Gasteiger partial charge in [-0.1, -0.05) is 36.6 Å². The molecule has 1 saturated heterocycles. The number of ether oxygens (including phenoxy) is 3. The summed E-state index contributed by atoms with van der Waals surface area (Å²) in [6.45, 7) is 2.10. The van der Waals surface area contributed by atoms with Gasteiger partial charge in [0.1, 0.15) is 5.75 Å². The molecule has 2 fully saturated rings. The molecule has 2 aliphatic carbocycles. The van der Waals surface area contributed by atoms with Crippen LogP contribution < -0.4 is 9.64 Å². The van der Waals surface area contributed by atoms with Gasteiger partial charge in [0.15, 0.2) is 6.29 Å². The SMILES string of the molecule is COc1ccc2c(c1)CCCC(C1CCCC1)=C2c1ccc(N2CCC(C(OC)OC)CC2)cc1. The number of nitrogens with zero attached hydrogens (tertiary/aromatic N) is 1. The molecule has 0 unspecified atom stereocenters. The number of hydrogen-bond acceptors (Lipinski definition) is 4. The lowest BCUT2D eigenvalue weighted by molar-refractivity contribution is -0.141. The first-order chi connectivity index (χ1) is 17.2. The van der Waals surface area contributed by atoms with Crippen molar-refractivity contribution in [1.29, 1.82) is 0 Å². The Hall–Kier alpha value is -2.30. The van der Waals surface area contributed by atoms with E-state index in [1.165, 1.54) is 66.5 Å². The van der Waals surface area contributed by atoms with E-state index in [2.05, 4.69) is 47.4 Å². The largest absolute Gasteiger partial charge is 0.497 e. The van der Waals surface area contributed by atoms with Crippen LogP contribution in [-0.2, 0) is 15.9 Å². The number of hydrogen-bond donors (Lipinski definition) is 0. The van der Waals surface area contributed by atoms with Gasteiger partial charge in [-0.3, -0.25) is 0 Å². The van der Waals surface area contributed by atoms with Crippen LogP contribution >= 0.6 is 0 Å². The number of fused-ring (bicyclic) bond motifs is 1. The first-order valence-electron chi connectivity index (χ1n) is 13.5. The molecule has 0 aromatic heterocycles. The maximum absolute atomic E-state index is 5.57. The highest BCUT2D eigenvalue weighted by Gasteiger charge is 2.28. The van der Waals surface area contributed by atoms with Gasteiger partial charge < -0.3 is 19.1 Å². The predicted molar refractivity (Wildman–Crippen MR) is 143 cm³/mol. The third-order valence-corrected chi connectivity index (χ3v) is 8.55. The van der Waals surface area contributed by atoms with E-state index in [4.69, 9.17) is 14.2 Å². The van der Waals surface area contributed by atoms with Gasteiger partial charge in [-0.2, -0.15) is 0 Å². The lowest BCUT2D eigenvalue weighted by Gasteiger charge is -2.36. The Balaban J connectivity index is 1.43. The third kappa shape index (κ3) is 5.15. The maximum atomic E-state index is 5.57. The molecule has 0 amide bonds. The molecule has 3 aliphatic rings. The molecule has 5 rings (SSSR count). The molecule has 0 N–H and O–H groups in total. The zero-order valence-electron chi connectivity index (χ0n) is 21.7. The molecule has 1 heterocycles. The van der Waals surface area contributed by atoms with E-state index in [-0.39, 0.29) is 6.29 Å². The fourth-order valence-corrected chi connectivity index (χ4v) is 6.69. The van der Waals surface area contributed by atoms with Gasteiger partial charge in [0, 0.05) is 38.9 Å². The molecule has 1 aliphatic heterocycles. The van der Waals surface area contributed by atoms with Gasteiger partial charge in [0.25, 0.3) is 0 Å². The van der Waals surface area contributed by atoms with E-state index in [0.717, 1.165) is 44.0 Å². The number of piperidine rings is 1. The lowest BCUT2D eigenvalue weighted by Crippen LogP contribution is -2.39. The van der Waals surface area contributed by atoms with Gasteiger partial charge in [-0.15, -0.1) is 0 Å². The molecular formula is C31H41NO3. The Morgan fingerprint density at radius 3 is 2.17 bits per heavy atom. The third-order valence-electron chi connectivity index (χ3n) is 8.55. The fraction of sp³-hybridized carbons (Fsp3) is 0.548. The molecular weight excluding hydrogens is 434 g/mol. The normalized spacial score (nSPS) is 19.8. The van der Waals surface area contributed by atoms with Gasteiger partial charge in [0.05, 0.1) is 7.11 Å². The molecule has 188 valence electrons. The second-order valence-corrected chi connectivity index (χ2v) is 10.5. The molecule has 1 saturated carbocycles. The van der Waals surface area contributed by atoms with Crippen LogP contribution in [0.2, 0.25) is 0 Å². The zero-order chi connectivity index (χ0) is 24.2. The van der Waals surface area contributed by atoms with Crippen molar-refractivity contribution >= 4 is 11.3 Å². The van der Waals surface area contributed by atoms with Crippen molar-refractivity contribution in [3.8, 4) is 5.75 Å². The van der Waals surface area contributed by atoms with Crippen LogP contribution in [0.1, 0.15) is 68.1 Å². The minimum atomic E-state index is -0.0885. The average molecular weight is 476 g/mol. The summed E-state index contributed by atoms with van der Waals surface area (Å²) in [5, 5.41) is 0. The standard InChI is InChI=1S/C31H41NO3/c1-33-27-15-16-29-25(21-27)9-6-10-28(22-7-4-5-8-22)30(29)23-11-13-26(14-12-23)32-19-17-24(18-20-32)31(34-2)35-3/h11-16,21-22,24,31H,4-10,17-20H2,1-3H3. The maximum Gasteiger partial charge on any atom is 0.159 e. The van der Waals surface area contributed by atoms with Crippen LogP contribution in [0.4, 0.5) is 5.69 Å². The van der Waals surface area contributed by atoms with Crippen molar-refractivity contribution in [1.82, 2.24) is 0 Å². The Bertz CT molecular complexity index is 1010. The van der Waals surface area contributed by atoms with E-state index in [0.29, 0.717) is 5.92 Å². The lowest BCUT2D eigenvalue weighted by atomic mass is 9.84. The van der Waals surface area contributed by atoms with Crippen LogP contribution in [0.3, 0.4) is 0 Å². The van der Waals surface area contributed by atoms with Crippen LogP contribution in [0.25, 0.3) is 5.57 Å². The number of rotatable bonds is 7. The summed E-state index contributed by atoms with van der Waals surface area (Å²) in [4.78, 5) is 2.51. The number of anilines is 1. The van der Waals surface area contributed by atoms with Crippen molar-refractivity contribution in [3.05, 3.63) is 64.7 Å². The van der Waals surface area contributed by atoms with Crippen molar-refractivity contribution in [2.24, 2.45) is 11.8 Å². The topological polar surface area (TPSA) is 30.9 Å². The highest BCUT2D eigenvalue weighted by atomic mass is 16.7. The molecule has 0 atom stereocenters. The van der Waals surface area contributed by atoms with E-state index in [9.17, 15) is 0 Å². The summed E-state index contributed by atoms with van der Waals surface area (Å²) in [5.74, 6) is 2.18. The Morgan fingerprint density at radius 1 is 0.800 bits per heavy atom. The quantitative estimate of drug-likeness (QED) is 0.409. The summed E-state index contributed by atoms with van der Waals surface area (Å²) < 4.78 is 16.6. The minimum Gasteiger partial charge on any atom is -0.497 e. The molecule has 4 heteroatoms. The van der Waals surface area contributed by atoms with Crippen LogP contribution in [0, 0.1) is 11.8 Å². The summed E-state index contributed by atoms with van der Waals surface area (Å²) in [7, 11) is 5.26. The molecule has 4 nitrogen and oxygen atoms in total. The Kier molecular flexibility index (Phi) is 7.79. The summed E-state index contributed by atoms with van der Waals surface area (Å²) in [6, 6.07) is 16.1. The molecule has 0 bridgehead atoms. The smallest absolute Gasteiger partial charge is 0.159 e. The molecule has 2 aromatic carbocycles. The van der Waals surface area contributed by atoms with Crippen molar-refractivity contribution in [2.75, 3.05) is 39.3 Å². The van der Waals surface area contributed by atoms with E-state index in [1.54, 1.807) is 26.9 Å². The van der Waals surface area contributed by atoms with Crippen molar-refractivity contribution in [2.45, 2.75) is 64.1 Å². The fourth-order valence-electron chi connectivity index (χ4n) is 6.69. The molecule has 0 spiro atoms. The van der Waals surface area contributed by atoms with Crippen LogP contribution in [0.15, 0.2) is 48.0 Å². The number of benzene rings is 2. The minimum absolute atomic E-state index is 0.0885. The van der Waals surface area contributed by atoms with Gasteiger partial charge in [-0.25, -0.2) is 0 Å². The van der Waals surface area contributed by atoms with Gasteiger partial charge in [0.2, 0.25) is 0 Å². The first kappa shape index (κ1) is 24.4. The monoisotopic (exact) mass is 475 g/mol. The van der Waals surface area contributed by atoms with Crippen LogP contribution in [-0.4, -0.2) is 40.7 Å². The van der Waals surface area contributed by atoms with Gasteiger partial charge in [-0.05, 0) is 97.4 Å². The molecule has 2 aromatic rings. The summed E-state index contributed by atoms with van der Waals surface area (Å²) in [5.41, 5.74) is 8.75. The van der Waals surface area contributed by atoms with E-state index < -0.39 is 0 Å². The molecule has 35 heavy (non-hydrogen) atoms. The highest BCUT2D eigenvalue weighted by molar-refractivity contribution is 5.85. The average Bonchev–Trinajstić information content (AvgIpc) is 3.38. The first-order valence-corrected chi connectivity index (χ1v) is 13.5.